The zero-order valence-corrected chi connectivity index (χ0v) is 9.34. The Bertz CT molecular complexity index is 495. The van der Waals surface area contributed by atoms with E-state index in [0.717, 1.165) is 6.20 Å². The maximum absolute atomic E-state index is 12.9. The Labute approximate surface area is 104 Å². The Morgan fingerprint density at radius 3 is 2.47 bits per heavy atom. The lowest BCUT2D eigenvalue weighted by Crippen LogP contribution is -2.21. The van der Waals surface area contributed by atoms with E-state index in [9.17, 15) is 22.0 Å². The lowest BCUT2D eigenvalue weighted by molar-refractivity contribution is -0.276. The fourth-order valence-electron chi connectivity index (χ4n) is 1.49. The van der Waals surface area contributed by atoms with Gasteiger partial charge in [-0.1, -0.05) is 0 Å². The number of aromatic nitrogens is 1. The summed E-state index contributed by atoms with van der Waals surface area (Å²) in [5.41, 5.74) is 3.70. The molecule has 0 aromatic carbocycles. The van der Waals surface area contributed by atoms with Crippen LogP contribution in [-0.4, -0.2) is 11.3 Å². The van der Waals surface area contributed by atoms with Crippen LogP contribution in [0.2, 0.25) is 0 Å². The van der Waals surface area contributed by atoms with Gasteiger partial charge < -0.3 is 10.5 Å². The molecule has 1 aromatic heterocycles. The normalized spacial score (nSPS) is 11.5. The van der Waals surface area contributed by atoms with Crippen LogP contribution < -0.4 is 10.5 Å². The zero-order valence-electron chi connectivity index (χ0n) is 9.34. The van der Waals surface area contributed by atoms with Gasteiger partial charge in [0.2, 0.25) is 5.88 Å². The van der Waals surface area contributed by atoms with Crippen LogP contribution in [0.5, 0.6) is 5.88 Å². The molecule has 0 unspecified atom stereocenters. The van der Waals surface area contributed by atoms with Gasteiger partial charge in [0.15, 0.2) is 0 Å². The Balaban J connectivity index is 3.37. The van der Waals surface area contributed by atoms with Crippen molar-refractivity contribution in [3.63, 3.8) is 0 Å². The van der Waals surface area contributed by atoms with Crippen molar-refractivity contribution in [2.24, 2.45) is 5.73 Å². The summed E-state index contributed by atoms with van der Waals surface area (Å²) in [4.78, 5) is 3.29. The zero-order chi connectivity index (χ0) is 14.6. The number of rotatable bonds is 4. The molecule has 4 nitrogen and oxygen atoms in total. The third kappa shape index (κ3) is 3.75. The number of nitriles is 1. The predicted octanol–water partition coefficient (Wildman–Crippen LogP) is 2.44. The first-order chi connectivity index (χ1) is 8.80. The standard InChI is InChI=1S/C10H8F5N3O/c11-8(12)7-5(1-2-16)4-18-9(6(7)3-17)19-10(13,14)15/h4,8H,1,3,17H2. The van der Waals surface area contributed by atoms with Gasteiger partial charge in [0, 0.05) is 23.9 Å². The summed E-state index contributed by atoms with van der Waals surface area (Å²) in [6.07, 6.45) is -7.80. The van der Waals surface area contributed by atoms with Crippen LogP contribution in [0, 0.1) is 11.3 Å². The van der Waals surface area contributed by atoms with Crippen molar-refractivity contribution in [2.75, 3.05) is 0 Å². The summed E-state index contributed by atoms with van der Waals surface area (Å²) >= 11 is 0. The fourth-order valence-corrected chi connectivity index (χ4v) is 1.49. The molecule has 0 bridgehead atoms. The van der Waals surface area contributed by atoms with Crippen LogP contribution >= 0.6 is 0 Å². The SMILES string of the molecule is N#CCc1cnc(OC(F)(F)F)c(CN)c1C(F)F. The van der Waals surface area contributed by atoms with Gasteiger partial charge in [0.25, 0.3) is 6.43 Å². The number of hydrogen-bond donors (Lipinski definition) is 1. The molecule has 1 rings (SSSR count). The van der Waals surface area contributed by atoms with E-state index in [-0.39, 0.29) is 5.56 Å². The van der Waals surface area contributed by atoms with Gasteiger partial charge in [0.1, 0.15) is 0 Å². The van der Waals surface area contributed by atoms with Crippen molar-refractivity contribution in [3.8, 4) is 11.9 Å². The molecule has 1 heterocycles. The number of halogens is 5. The van der Waals surface area contributed by atoms with Crippen LogP contribution in [0.4, 0.5) is 22.0 Å². The maximum atomic E-state index is 12.9. The van der Waals surface area contributed by atoms with E-state index in [4.69, 9.17) is 11.0 Å². The quantitative estimate of drug-likeness (QED) is 0.860. The van der Waals surface area contributed by atoms with Gasteiger partial charge in [-0.2, -0.15) is 5.26 Å². The second-order valence-electron chi connectivity index (χ2n) is 3.37. The number of hydrogen-bond acceptors (Lipinski definition) is 4. The van der Waals surface area contributed by atoms with E-state index in [1.165, 1.54) is 0 Å². The summed E-state index contributed by atoms with van der Waals surface area (Å²) in [7, 11) is 0. The Hall–Kier alpha value is -1.95. The van der Waals surface area contributed by atoms with Crippen LogP contribution in [0.15, 0.2) is 6.20 Å². The predicted molar refractivity (Wildman–Crippen MR) is 53.1 cm³/mol. The van der Waals surface area contributed by atoms with Gasteiger partial charge in [-0.05, 0) is 5.56 Å². The van der Waals surface area contributed by atoms with Crippen LogP contribution in [0.1, 0.15) is 23.1 Å². The van der Waals surface area contributed by atoms with Crippen molar-refractivity contribution >= 4 is 0 Å². The molecule has 0 saturated carbocycles. The second kappa shape index (κ2) is 5.79. The summed E-state index contributed by atoms with van der Waals surface area (Å²) in [6.45, 7) is -0.614. The molecular weight excluding hydrogens is 273 g/mol. The molecule has 0 saturated heterocycles. The molecule has 104 valence electrons. The second-order valence-corrected chi connectivity index (χ2v) is 3.37. The first-order valence-corrected chi connectivity index (χ1v) is 4.91. The molecule has 1 aromatic rings. The number of pyridine rings is 1. The molecule has 0 aliphatic carbocycles. The van der Waals surface area contributed by atoms with Gasteiger partial charge in [-0.3, -0.25) is 0 Å². The van der Waals surface area contributed by atoms with E-state index >= 15 is 0 Å². The average molecular weight is 281 g/mol. The fraction of sp³-hybridized carbons (Fsp3) is 0.400. The van der Waals surface area contributed by atoms with Crippen molar-refractivity contribution < 1.29 is 26.7 Å². The summed E-state index contributed by atoms with van der Waals surface area (Å²) in [5, 5.41) is 8.48. The van der Waals surface area contributed by atoms with Crippen LogP contribution in [0.3, 0.4) is 0 Å². The lowest BCUT2D eigenvalue weighted by atomic mass is 10.0. The molecule has 2 N–H and O–H groups in total. The number of nitrogens with zero attached hydrogens (tertiary/aromatic N) is 2. The van der Waals surface area contributed by atoms with Gasteiger partial charge in [-0.15, -0.1) is 13.2 Å². The largest absolute Gasteiger partial charge is 0.574 e. The molecule has 0 radical (unpaired) electrons. The third-order valence-electron chi connectivity index (χ3n) is 2.17. The van der Waals surface area contributed by atoms with E-state index in [2.05, 4.69) is 9.72 Å². The third-order valence-corrected chi connectivity index (χ3v) is 2.17. The van der Waals surface area contributed by atoms with Crippen molar-refractivity contribution in [3.05, 3.63) is 22.9 Å². The summed E-state index contributed by atoms with van der Waals surface area (Å²) in [6, 6.07) is 1.62. The molecule has 9 heteroatoms. The summed E-state index contributed by atoms with van der Waals surface area (Å²) < 4.78 is 65.6. The molecule has 0 atom stereocenters. The highest BCUT2D eigenvalue weighted by molar-refractivity contribution is 5.42. The average Bonchev–Trinajstić information content (AvgIpc) is 2.28. The topological polar surface area (TPSA) is 71.9 Å². The lowest BCUT2D eigenvalue weighted by Gasteiger charge is -2.16. The van der Waals surface area contributed by atoms with E-state index in [0.29, 0.717) is 0 Å². The summed E-state index contributed by atoms with van der Waals surface area (Å²) in [5.74, 6) is -1.02. The Morgan fingerprint density at radius 2 is 2.05 bits per heavy atom. The van der Waals surface area contributed by atoms with E-state index in [1.807, 2.05) is 0 Å². The van der Waals surface area contributed by atoms with Crippen molar-refractivity contribution in [1.29, 1.82) is 5.26 Å². The van der Waals surface area contributed by atoms with Crippen molar-refractivity contribution in [2.45, 2.75) is 25.8 Å². The molecule has 0 aliphatic rings. The first kappa shape index (κ1) is 15.1. The van der Waals surface area contributed by atoms with Gasteiger partial charge in [-0.25, -0.2) is 13.8 Å². The maximum Gasteiger partial charge on any atom is 0.574 e. The van der Waals surface area contributed by atoms with Gasteiger partial charge >= 0.3 is 6.36 Å². The minimum atomic E-state index is -5.06. The minimum absolute atomic E-state index is 0.174. The van der Waals surface area contributed by atoms with E-state index in [1.54, 1.807) is 6.07 Å². The number of alkyl halides is 5. The highest BCUT2D eigenvalue weighted by atomic mass is 19.4. The highest BCUT2D eigenvalue weighted by Gasteiger charge is 2.34. The molecular formula is C10H8F5N3O. The smallest absolute Gasteiger partial charge is 0.388 e. The minimum Gasteiger partial charge on any atom is -0.388 e. The molecule has 0 aliphatic heterocycles. The van der Waals surface area contributed by atoms with E-state index < -0.39 is 42.8 Å². The molecule has 19 heavy (non-hydrogen) atoms. The monoisotopic (exact) mass is 281 g/mol. The molecule has 0 fully saturated rings. The van der Waals surface area contributed by atoms with Gasteiger partial charge in [0.05, 0.1) is 12.5 Å². The Kier molecular flexibility index (Phi) is 4.61. The van der Waals surface area contributed by atoms with Crippen molar-refractivity contribution in [1.82, 2.24) is 4.98 Å². The highest BCUT2D eigenvalue weighted by Crippen LogP contribution is 2.33. The van der Waals surface area contributed by atoms with Crippen LogP contribution in [0.25, 0.3) is 0 Å². The molecule has 0 amide bonds. The number of nitrogens with two attached hydrogens (primary N) is 1. The van der Waals surface area contributed by atoms with Crippen LogP contribution in [-0.2, 0) is 13.0 Å². The number of ether oxygens (including phenoxy) is 1. The Morgan fingerprint density at radius 1 is 1.42 bits per heavy atom. The first-order valence-electron chi connectivity index (χ1n) is 4.91. The molecule has 0 spiro atoms.